The van der Waals surface area contributed by atoms with Crippen LogP contribution < -0.4 is 10.6 Å². The molecule has 19 heavy (non-hydrogen) atoms. The van der Waals surface area contributed by atoms with E-state index in [2.05, 4.69) is 10.6 Å². The van der Waals surface area contributed by atoms with Crippen LogP contribution in [0.5, 0.6) is 0 Å². The lowest BCUT2D eigenvalue weighted by Crippen LogP contribution is -2.50. The number of halogens is 1. The van der Waals surface area contributed by atoms with Gasteiger partial charge in [0.25, 0.3) is 0 Å². The van der Waals surface area contributed by atoms with Crippen molar-refractivity contribution in [2.24, 2.45) is 0 Å². The maximum absolute atomic E-state index is 13.3. The van der Waals surface area contributed by atoms with E-state index < -0.39 is 11.4 Å². The van der Waals surface area contributed by atoms with Gasteiger partial charge < -0.3 is 15.7 Å². The predicted octanol–water partition coefficient (Wildman–Crippen LogP) is 1.90. The van der Waals surface area contributed by atoms with Gasteiger partial charge in [-0.25, -0.2) is 4.39 Å². The zero-order valence-electron chi connectivity index (χ0n) is 11.4. The van der Waals surface area contributed by atoms with E-state index in [1.54, 1.807) is 12.1 Å². The highest BCUT2D eigenvalue weighted by atomic mass is 19.1. The summed E-state index contributed by atoms with van der Waals surface area (Å²) in [5, 5.41) is 14.9. The molecular formula is C14H21FN2O2. The summed E-state index contributed by atoms with van der Waals surface area (Å²) in [6.45, 7) is 3.90. The average Bonchev–Trinajstić information content (AvgIpc) is 2.44. The molecule has 3 N–H and O–H groups in total. The van der Waals surface area contributed by atoms with Gasteiger partial charge in [-0.2, -0.15) is 0 Å². The van der Waals surface area contributed by atoms with E-state index in [1.807, 2.05) is 13.8 Å². The van der Waals surface area contributed by atoms with Crippen molar-refractivity contribution < 1.29 is 14.3 Å². The zero-order chi connectivity index (χ0) is 14.3. The van der Waals surface area contributed by atoms with Crippen molar-refractivity contribution in [2.45, 2.75) is 32.2 Å². The fourth-order valence-corrected chi connectivity index (χ4v) is 1.80. The van der Waals surface area contributed by atoms with E-state index in [0.29, 0.717) is 12.8 Å². The van der Waals surface area contributed by atoms with Gasteiger partial charge >= 0.3 is 0 Å². The number of amides is 1. The molecule has 0 radical (unpaired) electrons. The summed E-state index contributed by atoms with van der Waals surface area (Å²) in [6, 6.07) is 6.02. The summed E-state index contributed by atoms with van der Waals surface area (Å²) in [4.78, 5) is 11.7. The predicted molar refractivity (Wildman–Crippen MR) is 73.4 cm³/mol. The van der Waals surface area contributed by atoms with Gasteiger partial charge in [0.1, 0.15) is 5.82 Å². The topological polar surface area (TPSA) is 61.4 Å². The van der Waals surface area contributed by atoms with Crippen LogP contribution in [0.25, 0.3) is 0 Å². The zero-order valence-corrected chi connectivity index (χ0v) is 11.4. The SMILES string of the molecule is CCC(CC)(CO)NCC(=O)Nc1ccccc1F. The Kier molecular flexibility index (Phi) is 5.92. The average molecular weight is 268 g/mol. The molecule has 1 aromatic rings. The molecule has 0 aliphatic carbocycles. The molecule has 0 aliphatic heterocycles. The van der Waals surface area contributed by atoms with Crippen molar-refractivity contribution in [3.05, 3.63) is 30.1 Å². The molecule has 0 saturated carbocycles. The highest BCUT2D eigenvalue weighted by Gasteiger charge is 2.25. The van der Waals surface area contributed by atoms with Crippen molar-refractivity contribution >= 4 is 11.6 Å². The van der Waals surface area contributed by atoms with Gasteiger partial charge in [-0.1, -0.05) is 26.0 Å². The van der Waals surface area contributed by atoms with Crippen molar-refractivity contribution in [3.8, 4) is 0 Å². The lowest BCUT2D eigenvalue weighted by molar-refractivity contribution is -0.115. The molecule has 0 heterocycles. The summed E-state index contributed by atoms with van der Waals surface area (Å²) in [7, 11) is 0. The minimum atomic E-state index is -0.463. The molecule has 0 saturated heterocycles. The Balaban J connectivity index is 2.55. The lowest BCUT2D eigenvalue weighted by atomic mass is 9.94. The smallest absolute Gasteiger partial charge is 0.238 e. The van der Waals surface area contributed by atoms with Gasteiger partial charge in [-0.3, -0.25) is 4.79 Å². The first-order valence-corrected chi connectivity index (χ1v) is 6.47. The molecule has 1 amide bonds. The monoisotopic (exact) mass is 268 g/mol. The van der Waals surface area contributed by atoms with Crippen LogP contribution in [0.15, 0.2) is 24.3 Å². The summed E-state index contributed by atoms with van der Waals surface area (Å²) in [5.74, 6) is -0.792. The Labute approximate surface area is 113 Å². The third-order valence-electron chi connectivity index (χ3n) is 3.43. The molecule has 4 nitrogen and oxygen atoms in total. The van der Waals surface area contributed by atoms with E-state index in [4.69, 9.17) is 0 Å². The fourth-order valence-electron chi connectivity index (χ4n) is 1.80. The van der Waals surface area contributed by atoms with Gasteiger partial charge in [0.05, 0.1) is 18.8 Å². The highest BCUT2D eigenvalue weighted by Crippen LogP contribution is 2.14. The number of rotatable bonds is 7. The maximum atomic E-state index is 13.3. The number of para-hydroxylation sites is 1. The third kappa shape index (κ3) is 4.29. The molecule has 5 heteroatoms. The van der Waals surface area contributed by atoms with E-state index in [1.165, 1.54) is 12.1 Å². The lowest BCUT2D eigenvalue weighted by Gasteiger charge is -2.30. The number of aliphatic hydroxyl groups is 1. The van der Waals surface area contributed by atoms with Gasteiger partial charge in [-0.05, 0) is 25.0 Å². The standard InChI is InChI=1S/C14H21FN2O2/c1-3-14(4-2,10-18)16-9-13(19)17-12-8-6-5-7-11(12)15/h5-8,16,18H,3-4,9-10H2,1-2H3,(H,17,19). The van der Waals surface area contributed by atoms with Crippen LogP contribution >= 0.6 is 0 Å². The molecule has 1 aromatic carbocycles. The van der Waals surface area contributed by atoms with Crippen LogP contribution in [-0.2, 0) is 4.79 Å². The Morgan fingerprint density at radius 1 is 1.32 bits per heavy atom. The highest BCUT2D eigenvalue weighted by molar-refractivity contribution is 5.92. The first-order chi connectivity index (χ1) is 9.06. The van der Waals surface area contributed by atoms with E-state index in [-0.39, 0.29) is 24.7 Å². The number of hydrogen-bond acceptors (Lipinski definition) is 3. The number of aliphatic hydroxyl groups excluding tert-OH is 1. The molecule has 0 atom stereocenters. The first kappa shape index (κ1) is 15.6. The second-order valence-electron chi connectivity index (χ2n) is 4.53. The Hall–Kier alpha value is -1.46. The molecule has 106 valence electrons. The minimum absolute atomic E-state index is 0.0347. The van der Waals surface area contributed by atoms with E-state index in [0.717, 1.165) is 0 Å². The van der Waals surface area contributed by atoms with Crippen molar-refractivity contribution in [3.63, 3.8) is 0 Å². The molecule has 0 aromatic heterocycles. The number of nitrogens with one attached hydrogen (secondary N) is 2. The Bertz CT molecular complexity index is 411. The molecule has 0 fully saturated rings. The third-order valence-corrected chi connectivity index (χ3v) is 3.43. The largest absolute Gasteiger partial charge is 0.394 e. The summed E-state index contributed by atoms with van der Waals surface area (Å²) in [5.41, 5.74) is -0.288. The molecular weight excluding hydrogens is 247 g/mol. The fraction of sp³-hybridized carbons (Fsp3) is 0.500. The summed E-state index contributed by atoms with van der Waals surface area (Å²) >= 11 is 0. The molecule has 0 unspecified atom stereocenters. The summed E-state index contributed by atoms with van der Waals surface area (Å²) < 4.78 is 13.3. The van der Waals surface area contributed by atoms with Crippen LogP contribution in [0.4, 0.5) is 10.1 Å². The quantitative estimate of drug-likeness (QED) is 0.708. The van der Waals surface area contributed by atoms with Gasteiger partial charge in [0.2, 0.25) is 5.91 Å². The normalized spacial score (nSPS) is 11.4. The number of carbonyl (C=O) groups is 1. The number of hydrogen-bond donors (Lipinski definition) is 3. The number of anilines is 1. The van der Waals surface area contributed by atoms with Crippen molar-refractivity contribution in [1.82, 2.24) is 5.32 Å². The van der Waals surface area contributed by atoms with Crippen LogP contribution in [-0.4, -0.2) is 29.7 Å². The van der Waals surface area contributed by atoms with Crippen LogP contribution in [0.2, 0.25) is 0 Å². The van der Waals surface area contributed by atoms with Gasteiger partial charge in [-0.15, -0.1) is 0 Å². The molecule has 1 rings (SSSR count). The number of carbonyl (C=O) groups excluding carboxylic acids is 1. The first-order valence-electron chi connectivity index (χ1n) is 6.47. The second-order valence-corrected chi connectivity index (χ2v) is 4.53. The minimum Gasteiger partial charge on any atom is -0.394 e. The van der Waals surface area contributed by atoms with Crippen LogP contribution in [0.1, 0.15) is 26.7 Å². The van der Waals surface area contributed by atoms with Crippen LogP contribution in [0.3, 0.4) is 0 Å². The van der Waals surface area contributed by atoms with E-state index in [9.17, 15) is 14.3 Å². The Morgan fingerprint density at radius 3 is 2.47 bits per heavy atom. The number of benzene rings is 1. The molecule has 0 aliphatic rings. The van der Waals surface area contributed by atoms with Crippen LogP contribution in [0, 0.1) is 5.82 Å². The van der Waals surface area contributed by atoms with Gasteiger partial charge in [0.15, 0.2) is 0 Å². The van der Waals surface area contributed by atoms with Crippen molar-refractivity contribution in [1.29, 1.82) is 0 Å². The Morgan fingerprint density at radius 2 is 1.95 bits per heavy atom. The van der Waals surface area contributed by atoms with E-state index >= 15 is 0 Å². The molecule has 0 bridgehead atoms. The maximum Gasteiger partial charge on any atom is 0.238 e. The molecule has 0 spiro atoms. The van der Waals surface area contributed by atoms with Crippen molar-refractivity contribution in [2.75, 3.05) is 18.5 Å². The second kappa shape index (κ2) is 7.21. The summed E-state index contributed by atoms with van der Waals surface area (Å²) in [6.07, 6.45) is 1.43. The van der Waals surface area contributed by atoms with Gasteiger partial charge in [0, 0.05) is 5.54 Å².